The summed E-state index contributed by atoms with van der Waals surface area (Å²) in [5, 5.41) is 9.28. The number of ether oxygens (including phenoxy) is 1. The largest absolute Gasteiger partial charge is 0.444 e. The van der Waals surface area contributed by atoms with Crippen molar-refractivity contribution in [1.29, 1.82) is 0 Å². The maximum absolute atomic E-state index is 11.7. The van der Waals surface area contributed by atoms with Crippen molar-refractivity contribution in [2.24, 2.45) is 4.99 Å². The minimum absolute atomic E-state index is 0.443. The van der Waals surface area contributed by atoms with Gasteiger partial charge in [0.1, 0.15) is 5.60 Å². The lowest BCUT2D eigenvalue weighted by Gasteiger charge is -2.19. The van der Waals surface area contributed by atoms with Crippen LogP contribution in [0.2, 0.25) is 0 Å². The van der Waals surface area contributed by atoms with E-state index in [0.29, 0.717) is 0 Å². The zero-order valence-corrected chi connectivity index (χ0v) is 16.6. The number of nitrogens with zero attached hydrogens (tertiary/aromatic N) is 1. The smallest absolute Gasteiger partial charge is 0.412 e. The fraction of sp³-hybridized carbons (Fsp3) is 0.556. The lowest BCUT2D eigenvalue weighted by atomic mass is 10.1. The van der Waals surface area contributed by atoms with E-state index in [0.717, 1.165) is 36.9 Å². The molecule has 7 heteroatoms. The van der Waals surface area contributed by atoms with E-state index in [1.54, 1.807) is 18.8 Å². The average molecular weight is 367 g/mol. The van der Waals surface area contributed by atoms with Crippen molar-refractivity contribution in [3.63, 3.8) is 0 Å². The van der Waals surface area contributed by atoms with Gasteiger partial charge in [-0.3, -0.25) is 10.3 Å². The minimum atomic E-state index is -0.502. The normalized spacial score (nSPS) is 11.8. The highest BCUT2D eigenvalue weighted by molar-refractivity contribution is 7.98. The molecule has 0 fully saturated rings. The summed E-state index contributed by atoms with van der Waals surface area (Å²) in [6, 6.07) is 7.76. The fourth-order valence-electron chi connectivity index (χ4n) is 1.99. The van der Waals surface area contributed by atoms with Crippen LogP contribution in [0.4, 0.5) is 10.5 Å². The molecule has 0 aliphatic rings. The van der Waals surface area contributed by atoms with Crippen molar-refractivity contribution in [3.8, 4) is 0 Å². The summed E-state index contributed by atoms with van der Waals surface area (Å²) in [7, 11) is 1.77. The first-order chi connectivity index (χ1) is 11.8. The average Bonchev–Trinajstić information content (AvgIpc) is 2.53. The van der Waals surface area contributed by atoms with Gasteiger partial charge in [0.05, 0.1) is 0 Å². The summed E-state index contributed by atoms with van der Waals surface area (Å²) < 4.78 is 5.23. The molecular formula is C18H30N4O2S. The number of benzene rings is 1. The Kier molecular flexibility index (Phi) is 9.20. The molecule has 0 bridgehead atoms. The molecular weight excluding hydrogens is 336 g/mol. The Labute approximate surface area is 155 Å². The van der Waals surface area contributed by atoms with Crippen LogP contribution in [0.15, 0.2) is 29.3 Å². The van der Waals surface area contributed by atoms with E-state index < -0.39 is 11.7 Å². The van der Waals surface area contributed by atoms with Crippen molar-refractivity contribution >= 4 is 29.5 Å². The lowest BCUT2D eigenvalue weighted by molar-refractivity contribution is 0.0636. The molecule has 0 aliphatic carbocycles. The van der Waals surface area contributed by atoms with Gasteiger partial charge < -0.3 is 15.4 Å². The third-order valence-corrected chi connectivity index (χ3v) is 3.74. The molecule has 0 saturated heterocycles. The van der Waals surface area contributed by atoms with Gasteiger partial charge >= 0.3 is 6.09 Å². The maximum atomic E-state index is 11.7. The van der Waals surface area contributed by atoms with E-state index >= 15 is 0 Å². The van der Waals surface area contributed by atoms with Crippen molar-refractivity contribution < 1.29 is 9.53 Å². The summed E-state index contributed by atoms with van der Waals surface area (Å²) in [5.74, 6) is 1.87. The molecule has 25 heavy (non-hydrogen) atoms. The molecule has 1 rings (SSSR count). The Hall–Kier alpha value is -1.89. The molecule has 1 aromatic carbocycles. The maximum Gasteiger partial charge on any atom is 0.412 e. The van der Waals surface area contributed by atoms with Gasteiger partial charge in [0.2, 0.25) is 0 Å². The number of nitrogens with one attached hydrogen (secondary N) is 3. The number of carbonyl (C=O) groups excluding carboxylic acids is 1. The summed E-state index contributed by atoms with van der Waals surface area (Å²) in [5.41, 5.74) is 1.40. The van der Waals surface area contributed by atoms with E-state index in [2.05, 4.69) is 27.2 Å². The van der Waals surface area contributed by atoms with Crippen LogP contribution < -0.4 is 16.0 Å². The molecule has 0 radical (unpaired) electrons. The molecule has 0 atom stereocenters. The van der Waals surface area contributed by atoms with Gasteiger partial charge in [0, 0.05) is 31.6 Å². The van der Waals surface area contributed by atoms with Gasteiger partial charge in [-0.1, -0.05) is 12.1 Å². The Morgan fingerprint density at radius 2 is 1.80 bits per heavy atom. The number of aliphatic imine (C=N–C) groups is 1. The monoisotopic (exact) mass is 366 g/mol. The number of thioether (sulfide) groups is 1. The van der Waals surface area contributed by atoms with E-state index in [9.17, 15) is 4.79 Å². The van der Waals surface area contributed by atoms with Gasteiger partial charge in [0.15, 0.2) is 5.96 Å². The Morgan fingerprint density at radius 3 is 2.36 bits per heavy atom. The van der Waals surface area contributed by atoms with E-state index in [1.807, 2.05) is 45.0 Å². The second-order valence-electron chi connectivity index (χ2n) is 6.49. The van der Waals surface area contributed by atoms with E-state index in [1.165, 1.54) is 5.56 Å². The van der Waals surface area contributed by atoms with Crippen LogP contribution in [0.3, 0.4) is 0 Å². The van der Waals surface area contributed by atoms with Gasteiger partial charge in [-0.05, 0) is 51.1 Å². The predicted octanol–water partition coefficient (Wildman–Crippen LogP) is 3.10. The van der Waals surface area contributed by atoms with Crippen molar-refractivity contribution in [2.45, 2.75) is 32.8 Å². The fourth-order valence-corrected chi connectivity index (χ4v) is 2.30. The summed E-state index contributed by atoms with van der Waals surface area (Å²) in [4.78, 5) is 15.9. The number of hydrogen-bond donors (Lipinski definition) is 3. The molecule has 0 aliphatic heterocycles. The second kappa shape index (κ2) is 10.9. The molecule has 0 heterocycles. The van der Waals surface area contributed by atoms with Crippen molar-refractivity contribution in [2.75, 3.05) is 37.5 Å². The first-order valence-electron chi connectivity index (χ1n) is 8.36. The number of hydrogen-bond acceptors (Lipinski definition) is 4. The Bertz CT molecular complexity index is 553. The SMILES string of the molecule is CN=C(NCCSC)NCCc1ccc(NC(=O)OC(C)(C)C)cc1. The van der Waals surface area contributed by atoms with Gasteiger partial charge in [0.25, 0.3) is 0 Å². The van der Waals surface area contributed by atoms with Crippen LogP contribution in [-0.4, -0.2) is 49.8 Å². The van der Waals surface area contributed by atoms with Gasteiger partial charge in [-0.2, -0.15) is 11.8 Å². The van der Waals surface area contributed by atoms with Crippen LogP contribution in [0.25, 0.3) is 0 Å². The highest BCUT2D eigenvalue weighted by Crippen LogP contribution is 2.13. The number of amides is 1. The summed E-state index contributed by atoms with van der Waals surface area (Å²) >= 11 is 1.80. The summed E-state index contributed by atoms with van der Waals surface area (Å²) in [6.45, 7) is 7.20. The zero-order chi connectivity index (χ0) is 18.7. The number of anilines is 1. The van der Waals surface area contributed by atoms with Gasteiger partial charge in [-0.15, -0.1) is 0 Å². The molecule has 140 valence electrons. The Balaban J connectivity index is 2.38. The van der Waals surface area contributed by atoms with Crippen LogP contribution in [0.5, 0.6) is 0 Å². The standard InChI is InChI=1S/C18H30N4O2S/c1-18(2,3)24-17(23)22-15-8-6-14(7-9-15)10-11-20-16(19-4)21-12-13-25-5/h6-9H,10-13H2,1-5H3,(H,22,23)(H2,19,20,21). The minimum Gasteiger partial charge on any atom is -0.444 e. The predicted molar refractivity (Wildman–Crippen MR) is 108 cm³/mol. The molecule has 0 spiro atoms. The first kappa shape index (κ1) is 21.2. The molecule has 0 aromatic heterocycles. The molecule has 6 nitrogen and oxygen atoms in total. The van der Waals surface area contributed by atoms with Gasteiger partial charge in [-0.25, -0.2) is 4.79 Å². The Morgan fingerprint density at radius 1 is 1.16 bits per heavy atom. The van der Waals surface area contributed by atoms with Crippen LogP contribution in [0.1, 0.15) is 26.3 Å². The van der Waals surface area contributed by atoms with E-state index in [4.69, 9.17) is 4.74 Å². The van der Waals surface area contributed by atoms with E-state index in [-0.39, 0.29) is 0 Å². The third-order valence-electron chi connectivity index (χ3n) is 3.13. The molecule has 1 amide bonds. The molecule has 0 saturated carbocycles. The zero-order valence-electron chi connectivity index (χ0n) is 15.8. The van der Waals surface area contributed by atoms with Crippen LogP contribution in [0, 0.1) is 0 Å². The second-order valence-corrected chi connectivity index (χ2v) is 7.48. The third kappa shape index (κ3) is 9.86. The first-order valence-corrected chi connectivity index (χ1v) is 9.76. The van der Waals surface area contributed by atoms with Crippen LogP contribution >= 0.6 is 11.8 Å². The number of guanidine groups is 1. The van der Waals surface area contributed by atoms with Crippen LogP contribution in [-0.2, 0) is 11.2 Å². The van der Waals surface area contributed by atoms with Crippen molar-refractivity contribution in [1.82, 2.24) is 10.6 Å². The quantitative estimate of drug-likeness (QED) is 0.393. The highest BCUT2D eigenvalue weighted by atomic mass is 32.2. The number of rotatable bonds is 7. The number of carbonyl (C=O) groups is 1. The lowest BCUT2D eigenvalue weighted by Crippen LogP contribution is -2.39. The molecule has 3 N–H and O–H groups in total. The topological polar surface area (TPSA) is 74.8 Å². The molecule has 0 unspecified atom stereocenters. The van der Waals surface area contributed by atoms with Crippen molar-refractivity contribution in [3.05, 3.63) is 29.8 Å². The summed E-state index contributed by atoms with van der Waals surface area (Å²) in [6.07, 6.45) is 2.51. The highest BCUT2D eigenvalue weighted by Gasteiger charge is 2.15. The molecule has 1 aromatic rings.